The van der Waals surface area contributed by atoms with Crippen LogP contribution in [-0.2, 0) is 31.5 Å². The molecule has 7 rings (SSSR count). The Morgan fingerprint density at radius 1 is 1.16 bits per heavy atom. The predicted molar refractivity (Wildman–Crippen MR) is 143 cm³/mol. The number of H-pyrrole nitrogens is 1. The molecule has 0 amide bonds. The Labute approximate surface area is 219 Å². The van der Waals surface area contributed by atoms with Crippen molar-refractivity contribution < 1.29 is 19.4 Å². The predicted octanol–water partition coefficient (Wildman–Crippen LogP) is 5.79. The molecule has 3 aliphatic carbocycles. The van der Waals surface area contributed by atoms with Gasteiger partial charge in [0.05, 0.1) is 5.60 Å². The van der Waals surface area contributed by atoms with Crippen LogP contribution in [0.4, 0.5) is 0 Å². The minimum Gasteiger partial charge on any atom is -0.385 e. The number of aromatic nitrogens is 1. The summed E-state index contributed by atoms with van der Waals surface area (Å²) in [5.41, 5.74) is 2.90. The molecule has 1 spiro atoms. The number of aliphatic hydroxyl groups is 1. The molecule has 5 nitrogen and oxygen atoms in total. The van der Waals surface area contributed by atoms with Gasteiger partial charge in [-0.2, -0.15) is 0 Å². The second-order valence-corrected chi connectivity index (χ2v) is 13.9. The maximum atomic E-state index is 13.2. The molecule has 1 aromatic carbocycles. The molecule has 0 radical (unpaired) electrons. The third-order valence-electron chi connectivity index (χ3n) is 11.6. The molecule has 5 heteroatoms. The van der Waals surface area contributed by atoms with E-state index in [0.717, 1.165) is 24.8 Å². The van der Waals surface area contributed by atoms with E-state index in [4.69, 9.17) is 9.47 Å². The summed E-state index contributed by atoms with van der Waals surface area (Å²) in [6.45, 7) is 17.0. The molecule has 1 saturated heterocycles. The quantitative estimate of drug-likeness (QED) is 0.511. The van der Waals surface area contributed by atoms with Crippen molar-refractivity contribution in [3.8, 4) is 0 Å². The Morgan fingerprint density at radius 3 is 2.65 bits per heavy atom. The minimum absolute atomic E-state index is 0.0907. The Bertz CT molecular complexity index is 1430. The molecule has 2 saturated carbocycles. The zero-order valence-electron chi connectivity index (χ0n) is 23.0. The van der Waals surface area contributed by atoms with Crippen LogP contribution in [0.15, 0.2) is 42.5 Å². The second-order valence-electron chi connectivity index (χ2n) is 13.9. The van der Waals surface area contributed by atoms with E-state index in [1.54, 1.807) is 6.08 Å². The van der Waals surface area contributed by atoms with Gasteiger partial charge >= 0.3 is 0 Å². The summed E-state index contributed by atoms with van der Waals surface area (Å²) in [6.07, 6.45) is 6.98. The number of ether oxygens (including phenoxy) is 2. The molecule has 2 aromatic rings. The van der Waals surface area contributed by atoms with Gasteiger partial charge in [-0.25, -0.2) is 0 Å². The van der Waals surface area contributed by atoms with Crippen LogP contribution in [0.2, 0.25) is 0 Å². The summed E-state index contributed by atoms with van der Waals surface area (Å²) < 4.78 is 12.9. The lowest BCUT2D eigenvalue weighted by Gasteiger charge is -2.65. The van der Waals surface area contributed by atoms with Crippen LogP contribution in [0.3, 0.4) is 0 Å². The highest BCUT2D eigenvalue weighted by Crippen LogP contribution is 2.72. The van der Waals surface area contributed by atoms with Crippen molar-refractivity contribution in [3.05, 3.63) is 59.3 Å². The van der Waals surface area contributed by atoms with Gasteiger partial charge in [-0.3, -0.25) is 4.79 Å². The molecule has 196 valence electrons. The summed E-state index contributed by atoms with van der Waals surface area (Å²) in [5.74, 6) is -0.693. The Kier molecular flexibility index (Phi) is 4.31. The highest BCUT2D eigenvalue weighted by Gasteiger charge is 2.75. The van der Waals surface area contributed by atoms with Gasteiger partial charge in [-0.15, -0.1) is 6.58 Å². The van der Waals surface area contributed by atoms with Crippen LogP contribution >= 0.6 is 0 Å². The van der Waals surface area contributed by atoms with Crippen molar-refractivity contribution in [1.29, 1.82) is 0 Å². The Balaban J connectivity index is 1.43. The van der Waals surface area contributed by atoms with Crippen molar-refractivity contribution in [1.82, 2.24) is 4.98 Å². The van der Waals surface area contributed by atoms with Crippen LogP contribution in [0, 0.1) is 11.3 Å². The number of ketones is 1. The van der Waals surface area contributed by atoms with Crippen molar-refractivity contribution in [2.75, 3.05) is 0 Å². The summed E-state index contributed by atoms with van der Waals surface area (Å²) >= 11 is 0. The molecule has 2 N–H and O–H groups in total. The van der Waals surface area contributed by atoms with E-state index in [0.29, 0.717) is 24.3 Å². The Hall–Kier alpha value is -2.21. The molecule has 1 aromatic heterocycles. The lowest BCUT2D eigenvalue weighted by Crippen LogP contribution is -2.69. The van der Waals surface area contributed by atoms with Gasteiger partial charge in [-0.05, 0) is 68.7 Å². The fourth-order valence-electron chi connectivity index (χ4n) is 9.15. The summed E-state index contributed by atoms with van der Waals surface area (Å²) in [4.78, 5) is 17.1. The van der Waals surface area contributed by atoms with Crippen molar-refractivity contribution >= 4 is 16.7 Å². The van der Waals surface area contributed by atoms with E-state index in [2.05, 4.69) is 57.5 Å². The van der Waals surface area contributed by atoms with E-state index in [9.17, 15) is 9.90 Å². The number of allylic oxidation sites excluding steroid dienone is 1. The van der Waals surface area contributed by atoms with Crippen molar-refractivity contribution in [2.45, 2.75) is 108 Å². The number of nitrogens with one attached hydrogen (secondary N) is 1. The number of benzene rings is 1. The number of hydrogen-bond donors (Lipinski definition) is 2. The molecule has 0 unspecified atom stereocenters. The number of aromatic amines is 1. The number of fused-ring (bicyclic) bond motifs is 9. The molecule has 5 aliphatic rings. The maximum Gasteiger partial charge on any atom is 0.195 e. The molecule has 6 atom stereocenters. The molecule has 2 bridgehead atoms. The topological polar surface area (TPSA) is 71.5 Å². The normalized spacial score (nSPS) is 41.6. The first-order valence-electron chi connectivity index (χ1n) is 13.9. The fourth-order valence-corrected chi connectivity index (χ4v) is 9.15. The number of hydrogen-bond acceptors (Lipinski definition) is 4. The van der Waals surface area contributed by atoms with Gasteiger partial charge in [0, 0.05) is 44.8 Å². The smallest absolute Gasteiger partial charge is 0.195 e. The summed E-state index contributed by atoms with van der Waals surface area (Å²) in [7, 11) is 0. The molecule has 37 heavy (non-hydrogen) atoms. The molecular weight excluding hydrogens is 462 g/mol. The highest BCUT2D eigenvalue weighted by molar-refractivity contribution is 5.97. The maximum absolute atomic E-state index is 13.2. The van der Waals surface area contributed by atoms with Crippen LogP contribution in [-0.4, -0.2) is 39.0 Å². The number of carbonyl (C=O) groups is 1. The average molecular weight is 502 g/mol. The largest absolute Gasteiger partial charge is 0.385 e. The average Bonchev–Trinajstić information content (AvgIpc) is 3.43. The first-order chi connectivity index (χ1) is 17.2. The van der Waals surface area contributed by atoms with Gasteiger partial charge in [0.15, 0.2) is 17.7 Å². The van der Waals surface area contributed by atoms with Gasteiger partial charge in [0.25, 0.3) is 0 Å². The monoisotopic (exact) mass is 501 g/mol. The molecule has 3 heterocycles. The van der Waals surface area contributed by atoms with Gasteiger partial charge in [0.2, 0.25) is 0 Å². The third-order valence-corrected chi connectivity index (χ3v) is 11.6. The van der Waals surface area contributed by atoms with Crippen LogP contribution in [0.1, 0.15) is 84.0 Å². The molecular formula is C32H39NO4. The van der Waals surface area contributed by atoms with Crippen LogP contribution in [0.5, 0.6) is 0 Å². The van der Waals surface area contributed by atoms with Gasteiger partial charge in [-0.1, -0.05) is 45.9 Å². The summed E-state index contributed by atoms with van der Waals surface area (Å²) in [5, 5.41) is 14.1. The van der Waals surface area contributed by atoms with E-state index < -0.39 is 28.5 Å². The first kappa shape index (κ1) is 23.9. The van der Waals surface area contributed by atoms with Crippen LogP contribution in [0.25, 0.3) is 10.9 Å². The zero-order valence-corrected chi connectivity index (χ0v) is 23.0. The summed E-state index contributed by atoms with van der Waals surface area (Å²) in [6, 6.07) is 6.53. The van der Waals surface area contributed by atoms with Crippen molar-refractivity contribution in [3.63, 3.8) is 0 Å². The fraction of sp³-hybridized carbons (Fsp3) is 0.594. The zero-order chi connectivity index (χ0) is 26.4. The lowest BCUT2D eigenvalue weighted by molar-refractivity contribution is -0.247. The van der Waals surface area contributed by atoms with E-state index in [-0.39, 0.29) is 16.6 Å². The number of rotatable bonds is 2. The van der Waals surface area contributed by atoms with E-state index >= 15 is 0 Å². The third kappa shape index (κ3) is 2.50. The minimum atomic E-state index is -1.19. The molecule has 2 aliphatic heterocycles. The van der Waals surface area contributed by atoms with E-state index in [1.807, 2.05) is 19.9 Å². The SMILES string of the molecule is C=CC(C)(C)c1cccc2[nH]c3c(c12)C[C@@H]1CC[C@@]2(O)C4=CC(=O)[C@@H]5O[C@@]4(CC[C@]2(C)[C@@]31C)OC5(C)C. The first-order valence-corrected chi connectivity index (χ1v) is 13.9. The second kappa shape index (κ2) is 6.67. The van der Waals surface area contributed by atoms with Crippen LogP contribution < -0.4 is 0 Å². The Morgan fingerprint density at radius 2 is 1.92 bits per heavy atom. The highest BCUT2D eigenvalue weighted by atomic mass is 16.8. The standard InChI is InChI=1S/C32H39NO4/c1-8-27(2,3)20-10-9-11-21-24(20)19-16-18-12-13-31(35)23-17-22(34)26-28(4,5)37-32(23,36-26)15-14-29(31,6)30(18,7)25(19)33-21/h8-11,17-18,26,33,35H,1,12-16H2,2-7H3/t18-,26-,29+,30+,31+,32-/m0/s1. The molecule has 3 fully saturated rings. The number of carbonyl (C=O) groups excluding carboxylic acids is 1. The van der Waals surface area contributed by atoms with Crippen molar-refractivity contribution in [2.24, 2.45) is 11.3 Å². The van der Waals surface area contributed by atoms with Gasteiger partial charge < -0.3 is 19.6 Å². The van der Waals surface area contributed by atoms with E-state index in [1.165, 1.54) is 22.2 Å². The lowest BCUT2D eigenvalue weighted by atomic mass is 9.42. The van der Waals surface area contributed by atoms with Gasteiger partial charge in [0.1, 0.15) is 5.60 Å².